The molecule has 0 atom stereocenters. The lowest BCUT2D eigenvalue weighted by molar-refractivity contribution is -0.144. The first-order chi connectivity index (χ1) is 5.09. The van der Waals surface area contributed by atoms with Crippen LogP contribution < -0.4 is 0 Å². The van der Waals surface area contributed by atoms with Crippen molar-refractivity contribution in [2.75, 3.05) is 0 Å². The number of halogens is 2. The Bertz CT molecular complexity index is 215. The van der Waals surface area contributed by atoms with Gasteiger partial charge in [0.05, 0.1) is 6.07 Å². The SMILES string of the molecule is N#CCC(=O)C(F)(F)C1CC1. The Morgan fingerprint density at radius 1 is 1.64 bits per heavy atom. The quantitative estimate of drug-likeness (QED) is 0.626. The van der Waals surface area contributed by atoms with Crippen molar-refractivity contribution < 1.29 is 13.6 Å². The summed E-state index contributed by atoms with van der Waals surface area (Å²) < 4.78 is 25.4. The van der Waals surface area contributed by atoms with Crippen LogP contribution in [0.5, 0.6) is 0 Å². The fraction of sp³-hybridized carbons (Fsp3) is 0.714. The summed E-state index contributed by atoms with van der Waals surface area (Å²) in [5, 5.41) is 8.00. The topological polar surface area (TPSA) is 40.9 Å². The van der Waals surface area contributed by atoms with Crippen LogP contribution >= 0.6 is 0 Å². The summed E-state index contributed by atoms with van der Waals surface area (Å²) in [5.74, 6) is -5.26. The first-order valence-corrected chi connectivity index (χ1v) is 3.37. The third-order valence-electron chi connectivity index (χ3n) is 1.70. The monoisotopic (exact) mass is 159 g/mol. The van der Waals surface area contributed by atoms with Gasteiger partial charge in [0.1, 0.15) is 6.42 Å². The van der Waals surface area contributed by atoms with E-state index in [1.54, 1.807) is 0 Å². The molecular weight excluding hydrogens is 152 g/mol. The molecule has 1 rings (SSSR count). The van der Waals surface area contributed by atoms with Crippen molar-refractivity contribution in [3.8, 4) is 6.07 Å². The number of Topliss-reactive ketones (excluding diaryl/α,β-unsaturated/α-hetero) is 1. The third kappa shape index (κ3) is 1.53. The van der Waals surface area contributed by atoms with Crippen LogP contribution in [-0.2, 0) is 4.79 Å². The zero-order chi connectivity index (χ0) is 8.48. The van der Waals surface area contributed by atoms with Gasteiger partial charge in [0, 0.05) is 5.92 Å². The molecule has 11 heavy (non-hydrogen) atoms. The first kappa shape index (κ1) is 8.12. The molecule has 1 aliphatic carbocycles. The number of rotatable bonds is 3. The van der Waals surface area contributed by atoms with Gasteiger partial charge in [-0.2, -0.15) is 14.0 Å². The molecule has 0 spiro atoms. The zero-order valence-corrected chi connectivity index (χ0v) is 5.81. The Kier molecular flexibility index (Phi) is 1.90. The Morgan fingerprint density at radius 3 is 2.55 bits per heavy atom. The predicted octanol–water partition coefficient (Wildman–Crippen LogP) is 1.51. The van der Waals surface area contributed by atoms with Gasteiger partial charge in [0.15, 0.2) is 0 Å². The molecule has 4 heteroatoms. The molecular formula is C7H7F2NO. The molecule has 0 aromatic rings. The lowest BCUT2D eigenvalue weighted by Gasteiger charge is -2.10. The van der Waals surface area contributed by atoms with Gasteiger partial charge in [0.25, 0.3) is 0 Å². The van der Waals surface area contributed by atoms with Crippen molar-refractivity contribution in [3.05, 3.63) is 0 Å². The summed E-state index contributed by atoms with van der Waals surface area (Å²) in [4.78, 5) is 10.6. The highest BCUT2D eigenvalue weighted by atomic mass is 19.3. The van der Waals surface area contributed by atoms with E-state index < -0.39 is 24.0 Å². The summed E-state index contributed by atoms with van der Waals surface area (Å²) in [6, 6.07) is 1.43. The fourth-order valence-corrected chi connectivity index (χ4v) is 0.863. The summed E-state index contributed by atoms with van der Waals surface area (Å²) in [5.41, 5.74) is 0. The van der Waals surface area contributed by atoms with E-state index in [-0.39, 0.29) is 0 Å². The summed E-state index contributed by atoms with van der Waals surface area (Å²) in [6.45, 7) is 0. The largest absolute Gasteiger partial charge is 0.309 e. The van der Waals surface area contributed by atoms with Crippen LogP contribution in [0.4, 0.5) is 8.78 Å². The molecule has 0 aliphatic heterocycles. The molecule has 0 aromatic carbocycles. The Morgan fingerprint density at radius 2 is 2.18 bits per heavy atom. The van der Waals surface area contributed by atoms with Crippen LogP contribution in [0, 0.1) is 17.2 Å². The minimum Gasteiger partial charge on any atom is -0.292 e. The van der Waals surface area contributed by atoms with E-state index in [1.165, 1.54) is 6.07 Å². The minimum absolute atomic E-state index is 0.407. The second kappa shape index (κ2) is 2.57. The highest BCUT2D eigenvalue weighted by molar-refractivity contribution is 5.87. The third-order valence-corrected chi connectivity index (χ3v) is 1.70. The van der Waals surface area contributed by atoms with Crippen molar-refractivity contribution in [1.82, 2.24) is 0 Å². The van der Waals surface area contributed by atoms with Crippen molar-refractivity contribution in [1.29, 1.82) is 5.26 Å². The van der Waals surface area contributed by atoms with Crippen molar-refractivity contribution in [2.45, 2.75) is 25.2 Å². The lowest BCUT2D eigenvalue weighted by Crippen LogP contribution is -2.30. The van der Waals surface area contributed by atoms with Crippen LogP contribution in [0.15, 0.2) is 0 Å². The maximum Gasteiger partial charge on any atom is 0.309 e. The van der Waals surface area contributed by atoms with E-state index in [4.69, 9.17) is 5.26 Å². The normalized spacial score (nSPS) is 17.5. The molecule has 0 N–H and O–H groups in total. The molecule has 1 aliphatic rings. The van der Waals surface area contributed by atoms with E-state index in [0.717, 1.165) is 0 Å². The van der Waals surface area contributed by atoms with Crippen molar-refractivity contribution in [2.24, 2.45) is 5.92 Å². The number of nitriles is 1. The van der Waals surface area contributed by atoms with E-state index in [2.05, 4.69) is 0 Å². The van der Waals surface area contributed by atoms with Crippen LogP contribution in [0.3, 0.4) is 0 Å². The van der Waals surface area contributed by atoms with E-state index >= 15 is 0 Å². The molecule has 0 amide bonds. The average Bonchev–Trinajstić information content (AvgIpc) is 2.68. The summed E-state index contributed by atoms with van der Waals surface area (Å²) in [7, 11) is 0. The second-order valence-electron chi connectivity index (χ2n) is 2.66. The smallest absolute Gasteiger partial charge is 0.292 e. The molecule has 0 radical (unpaired) electrons. The minimum atomic E-state index is -3.24. The number of nitrogens with zero attached hydrogens (tertiary/aromatic N) is 1. The molecule has 0 heterocycles. The molecule has 1 saturated carbocycles. The average molecular weight is 159 g/mol. The Hall–Kier alpha value is -0.980. The number of alkyl halides is 2. The molecule has 0 bridgehead atoms. The first-order valence-electron chi connectivity index (χ1n) is 3.37. The van der Waals surface area contributed by atoms with E-state index in [9.17, 15) is 13.6 Å². The molecule has 2 nitrogen and oxygen atoms in total. The molecule has 0 saturated heterocycles. The number of hydrogen-bond donors (Lipinski definition) is 0. The second-order valence-corrected chi connectivity index (χ2v) is 2.66. The number of carbonyl (C=O) groups excluding carboxylic acids is 1. The summed E-state index contributed by atoms with van der Waals surface area (Å²) >= 11 is 0. The van der Waals surface area contributed by atoms with Crippen LogP contribution in [0.1, 0.15) is 19.3 Å². The number of ketones is 1. The van der Waals surface area contributed by atoms with E-state index in [0.29, 0.717) is 12.8 Å². The fourth-order valence-electron chi connectivity index (χ4n) is 0.863. The standard InChI is InChI=1S/C7H7F2NO/c8-7(9,5-1-2-5)6(11)3-4-10/h5H,1-3H2. The Labute approximate surface area is 62.8 Å². The zero-order valence-electron chi connectivity index (χ0n) is 5.81. The highest BCUT2D eigenvalue weighted by Crippen LogP contribution is 2.44. The predicted molar refractivity (Wildman–Crippen MR) is 32.9 cm³/mol. The lowest BCUT2D eigenvalue weighted by atomic mass is 10.1. The molecule has 0 aromatic heterocycles. The van der Waals surface area contributed by atoms with Crippen molar-refractivity contribution >= 4 is 5.78 Å². The van der Waals surface area contributed by atoms with Gasteiger partial charge in [-0.25, -0.2) is 0 Å². The maximum atomic E-state index is 12.7. The molecule has 0 unspecified atom stereocenters. The van der Waals surface area contributed by atoms with Crippen LogP contribution in [0.25, 0.3) is 0 Å². The van der Waals surface area contributed by atoms with Crippen LogP contribution in [-0.4, -0.2) is 11.7 Å². The Balaban J connectivity index is 2.56. The highest BCUT2D eigenvalue weighted by Gasteiger charge is 2.51. The van der Waals surface area contributed by atoms with Crippen LogP contribution in [0.2, 0.25) is 0 Å². The van der Waals surface area contributed by atoms with Gasteiger partial charge in [-0.1, -0.05) is 0 Å². The van der Waals surface area contributed by atoms with Gasteiger partial charge >= 0.3 is 5.92 Å². The number of hydrogen-bond acceptors (Lipinski definition) is 2. The van der Waals surface area contributed by atoms with Gasteiger partial charge in [-0.05, 0) is 12.8 Å². The summed E-state index contributed by atoms with van der Waals surface area (Å²) in [6.07, 6.45) is 0.137. The van der Waals surface area contributed by atoms with Gasteiger partial charge < -0.3 is 0 Å². The van der Waals surface area contributed by atoms with Gasteiger partial charge in [0.2, 0.25) is 5.78 Å². The number of carbonyl (C=O) groups is 1. The van der Waals surface area contributed by atoms with Gasteiger partial charge in [-0.3, -0.25) is 4.79 Å². The van der Waals surface area contributed by atoms with Gasteiger partial charge in [-0.15, -0.1) is 0 Å². The molecule has 60 valence electrons. The van der Waals surface area contributed by atoms with Crippen molar-refractivity contribution in [3.63, 3.8) is 0 Å². The van der Waals surface area contributed by atoms with E-state index in [1.807, 2.05) is 0 Å². The maximum absolute atomic E-state index is 12.7. The molecule has 1 fully saturated rings.